The molecular weight excluding hydrogens is 406 g/mol. The van der Waals surface area contributed by atoms with Crippen LogP contribution in [0.1, 0.15) is 54.9 Å². The van der Waals surface area contributed by atoms with Gasteiger partial charge < -0.3 is 0 Å². The second-order valence-corrected chi connectivity index (χ2v) is 8.45. The van der Waals surface area contributed by atoms with Crippen molar-refractivity contribution >= 4 is 29.1 Å². The predicted molar refractivity (Wildman–Crippen MR) is 139 cm³/mol. The van der Waals surface area contributed by atoms with Crippen LogP contribution in [-0.4, -0.2) is 5.16 Å². The lowest BCUT2D eigenvalue weighted by Crippen LogP contribution is -1.87. The molecule has 0 unspecified atom stereocenters. The highest BCUT2D eigenvalue weighted by molar-refractivity contribution is 7.78. The zero-order valence-corrected chi connectivity index (χ0v) is 19.3. The topological polar surface area (TPSA) is 12.4 Å². The first-order valence-corrected chi connectivity index (χ1v) is 11.8. The minimum atomic E-state index is 0.827. The predicted octanol–water partition coefficient (Wildman–Crippen LogP) is 8.20. The number of fused-ring (bicyclic) bond motifs is 1. The molecule has 0 aromatic heterocycles. The third kappa shape index (κ3) is 5.71. The van der Waals surface area contributed by atoms with Gasteiger partial charge in [-0.25, -0.2) is 0 Å². The maximum atomic E-state index is 4.67. The first-order valence-electron chi connectivity index (χ1n) is 11.4. The second-order valence-electron chi connectivity index (χ2n) is 8.27. The van der Waals surface area contributed by atoms with Gasteiger partial charge >= 0.3 is 0 Å². The van der Waals surface area contributed by atoms with E-state index in [1.54, 1.807) is 0 Å². The van der Waals surface area contributed by atoms with Gasteiger partial charge in [-0.3, -0.25) is 0 Å². The number of isothiocyanates is 1. The lowest BCUT2D eigenvalue weighted by Gasteiger charge is -2.05. The van der Waals surface area contributed by atoms with E-state index >= 15 is 0 Å². The summed E-state index contributed by atoms with van der Waals surface area (Å²) in [6, 6.07) is 23.5. The van der Waals surface area contributed by atoms with Crippen molar-refractivity contribution in [2.45, 2.75) is 45.4 Å². The van der Waals surface area contributed by atoms with Crippen LogP contribution in [0.5, 0.6) is 0 Å². The van der Waals surface area contributed by atoms with Crippen LogP contribution in [0.2, 0.25) is 0 Å². The van der Waals surface area contributed by atoms with Gasteiger partial charge in [0.25, 0.3) is 0 Å². The Morgan fingerprint density at radius 1 is 0.844 bits per heavy atom. The van der Waals surface area contributed by atoms with E-state index < -0.39 is 0 Å². The van der Waals surface area contributed by atoms with Gasteiger partial charge in [-0.2, -0.15) is 4.99 Å². The number of hydrogen-bond acceptors (Lipinski definition) is 2. The van der Waals surface area contributed by atoms with Crippen molar-refractivity contribution < 1.29 is 0 Å². The van der Waals surface area contributed by atoms with Crippen LogP contribution < -0.4 is 0 Å². The first-order chi connectivity index (χ1) is 15.7. The molecule has 158 valence electrons. The fourth-order valence-electron chi connectivity index (χ4n) is 4.05. The number of nitrogens with zero attached hydrogens (tertiary/aromatic N) is 1. The van der Waals surface area contributed by atoms with E-state index in [2.05, 4.69) is 102 Å². The number of allylic oxidation sites excluding steroid dienone is 1. The second kappa shape index (κ2) is 10.9. The van der Waals surface area contributed by atoms with E-state index in [-0.39, 0.29) is 0 Å². The normalized spacial score (nSPS) is 11.7. The maximum absolute atomic E-state index is 4.67. The molecule has 0 N–H and O–H groups in total. The summed E-state index contributed by atoms with van der Waals surface area (Å²) in [6.07, 6.45) is 9.48. The van der Waals surface area contributed by atoms with Gasteiger partial charge in [-0.1, -0.05) is 80.5 Å². The van der Waals surface area contributed by atoms with Gasteiger partial charge in [0.15, 0.2) is 0 Å². The summed E-state index contributed by atoms with van der Waals surface area (Å²) < 4.78 is 0. The van der Waals surface area contributed by atoms with Crippen molar-refractivity contribution in [1.29, 1.82) is 0 Å². The van der Waals surface area contributed by atoms with Crippen LogP contribution in [-0.2, 0) is 12.8 Å². The number of hydrogen-bond donors (Lipinski definition) is 0. The van der Waals surface area contributed by atoms with Crippen molar-refractivity contribution in [1.82, 2.24) is 0 Å². The van der Waals surface area contributed by atoms with E-state index in [0.717, 1.165) is 17.7 Å². The summed E-state index contributed by atoms with van der Waals surface area (Å²) in [4.78, 5) is 4.02. The Hall–Kier alpha value is -3.24. The Morgan fingerprint density at radius 2 is 1.62 bits per heavy atom. The Bertz CT molecular complexity index is 1210. The molecule has 3 aromatic rings. The van der Waals surface area contributed by atoms with Crippen LogP contribution in [0, 0.1) is 11.8 Å². The standard InChI is InChI=1S/C30H27NS/c1-2-3-4-5-6-23-7-9-24(10-8-23)11-12-25-19-27-13-14-28(21-29(27)20-25)26-15-17-30(18-16-26)31-22-32/h7-10,13-19,21H,2-6,20H2,1H3. The zero-order valence-electron chi connectivity index (χ0n) is 18.5. The van der Waals surface area contributed by atoms with E-state index in [9.17, 15) is 0 Å². The summed E-state index contributed by atoms with van der Waals surface area (Å²) in [5, 5.41) is 2.41. The molecule has 0 saturated heterocycles. The molecular formula is C30H27NS. The number of benzene rings is 3. The number of thiocarbonyl (C=S) groups is 1. The molecule has 0 atom stereocenters. The molecule has 0 amide bonds. The molecule has 0 bridgehead atoms. The van der Waals surface area contributed by atoms with Crippen LogP contribution in [0.3, 0.4) is 0 Å². The van der Waals surface area contributed by atoms with E-state index in [1.165, 1.54) is 65.5 Å². The molecule has 3 aromatic carbocycles. The largest absolute Gasteiger partial charge is 0.195 e. The summed E-state index contributed by atoms with van der Waals surface area (Å²) in [5.41, 5.74) is 9.47. The molecule has 0 fully saturated rings. The minimum absolute atomic E-state index is 0.827. The van der Waals surface area contributed by atoms with Gasteiger partial charge in [0, 0.05) is 17.6 Å². The first kappa shape index (κ1) is 22.0. The molecule has 0 aliphatic heterocycles. The number of aryl methyl sites for hydroxylation is 1. The fourth-order valence-corrected chi connectivity index (χ4v) is 4.15. The molecule has 0 saturated carbocycles. The fraction of sp³-hybridized carbons (Fsp3) is 0.233. The van der Waals surface area contributed by atoms with Crippen molar-refractivity contribution in [2.24, 2.45) is 4.99 Å². The summed E-state index contributed by atoms with van der Waals surface area (Å²) in [7, 11) is 0. The molecule has 1 nitrogen and oxygen atoms in total. The molecule has 4 rings (SSSR count). The smallest absolute Gasteiger partial charge is 0.0739 e. The summed E-state index contributed by atoms with van der Waals surface area (Å²) in [5.74, 6) is 6.73. The Kier molecular flexibility index (Phi) is 7.47. The highest BCUT2D eigenvalue weighted by Crippen LogP contribution is 2.30. The van der Waals surface area contributed by atoms with Gasteiger partial charge in [0.2, 0.25) is 0 Å². The molecule has 0 spiro atoms. The summed E-state index contributed by atoms with van der Waals surface area (Å²) in [6.45, 7) is 2.25. The lowest BCUT2D eigenvalue weighted by molar-refractivity contribution is 0.667. The lowest BCUT2D eigenvalue weighted by atomic mass is 10.00. The van der Waals surface area contributed by atoms with Crippen LogP contribution in [0.4, 0.5) is 5.69 Å². The summed E-state index contributed by atoms with van der Waals surface area (Å²) >= 11 is 4.67. The van der Waals surface area contributed by atoms with Crippen LogP contribution in [0.15, 0.2) is 77.3 Å². The molecule has 1 aliphatic carbocycles. The Labute approximate surface area is 196 Å². The Morgan fingerprint density at radius 3 is 2.38 bits per heavy atom. The molecule has 2 heteroatoms. The van der Waals surface area contributed by atoms with Gasteiger partial charge in [0.1, 0.15) is 0 Å². The molecule has 1 aliphatic rings. The number of unbranched alkanes of at least 4 members (excludes halogenated alkanes) is 3. The average molecular weight is 434 g/mol. The SMILES string of the molecule is CCCCCCc1ccc(C#CC2=Cc3ccc(-c4ccc(N=C=S)cc4)cc3C2)cc1. The van der Waals surface area contributed by atoms with E-state index in [1.807, 2.05) is 12.1 Å². The molecule has 32 heavy (non-hydrogen) atoms. The average Bonchev–Trinajstić information content (AvgIpc) is 3.24. The van der Waals surface area contributed by atoms with Crippen LogP contribution in [0.25, 0.3) is 17.2 Å². The van der Waals surface area contributed by atoms with Crippen LogP contribution >= 0.6 is 12.2 Å². The van der Waals surface area contributed by atoms with Crippen molar-refractivity contribution in [3.8, 4) is 23.0 Å². The van der Waals surface area contributed by atoms with Crippen molar-refractivity contribution in [2.75, 3.05) is 0 Å². The quantitative estimate of drug-likeness (QED) is 0.158. The van der Waals surface area contributed by atoms with E-state index in [0.29, 0.717) is 0 Å². The minimum Gasteiger partial charge on any atom is -0.195 e. The number of aliphatic imine (C=N–C) groups is 1. The molecule has 0 heterocycles. The third-order valence-corrected chi connectivity index (χ3v) is 5.96. The monoisotopic (exact) mass is 433 g/mol. The van der Waals surface area contributed by atoms with Gasteiger partial charge in [-0.15, -0.1) is 0 Å². The number of rotatable bonds is 7. The Balaban J connectivity index is 1.39. The highest BCUT2D eigenvalue weighted by atomic mass is 32.1. The van der Waals surface area contributed by atoms with Crippen molar-refractivity contribution in [3.63, 3.8) is 0 Å². The van der Waals surface area contributed by atoms with Crippen molar-refractivity contribution in [3.05, 3.63) is 94.6 Å². The zero-order chi connectivity index (χ0) is 22.2. The van der Waals surface area contributed by atoms with Gasteiger partial charge in [-0.05, 0) is 83.2 Å². The van der Waals surface area contributed by atoms with E-state index in [4.69, 9.17) is 0 Å². The third-order valence-electron chi connectivity index (χ3n) is 5.87. The molecule has 0 radical (unpaired) electrons. The maximum Gasteiger partial charge on any atom is 0.0739 e. The highest BCUT2D eigenvalue weighted by Gasteiger charge is 2.12. The van der Waals surface area contributed by atoms with Gasteiger partial charge in [0.05, 0.1) is 10.8 Å².